The number of carbonyl (C=O) groups excluding carboxylic acids is 1. The van der Waals surface area contributed by atoms with Crippen LogP contribution in [0.5, 0.6) is 5.75 Å². The fourth-order valence-corrected chi connectivity index (χ4v) is 1.79. The molecule has 1 amide bonds. The molecule has 0 radical (unpaired) electrons. The number of rotatable bonds is 6. The second-order valence-electron chi connectivity index (χ2n) is 4.02. The molecule has 0 saturated heterocycles. The molecule has 1 aromatic rings. The van der Waals surface area contributed by atoms with E-state index in [1.54, 1.807) is 13.2 Å². The van der Waals surface area contributed by atoms with E-state index in [4.69, 9.17) is 4.74 Å². The first-order chi connectivity index (χ1) is 8.22. The normalized spacial score (nSPS) is 10.1. The van der Waals surface area contributed by atoms with Crippen LogP contribution in [0.25, 0.3) is 0 Å². The molecule has 17 heavy (non-hydrogen) atoms. The average molecular weight is 235 g/mol. The first kappa shape index (κ1) is 13.6. The lowest BCUT2D eigenvalue weighted by Crippen LogP contribution is -2.32. The fourth-order valence-electron chi connectivity index (χ4n) is 1.79. The summed E-state index contributed by atoms with van der Waals surface area (Å²) in [6, 6.07) is 7.33. The third kappa shape index (κ3) is 3.77. The molecule has 0 heterocycles. The summed E-state index contributed by atoms with van der Waals surface area (Å²) in [7, 11) is 1.61. The highest BCUT2D eigenvalue weighted by Gasteiger charge is 2.14. The van der Waals surface area contributed by atoms with Crippen molar-refractivity contribution in [2.75, 3.05) is 20.2 Å². The maximum absolute atomic E-state index is 12.3. The molecule has 1 aromatic carbocycles. The zero-order valence-electron chi connectivity index (χ0n) is 10.9. The van der Waals surface area contributed by atoms with E-state index in [1.165, 1.54) is 0 Å². The van der Waals surface area contributed by atoms with Crippen molar-refractivity contribution in [3.63, 3.8) is 0 Å². The summed E-state index contributed by atoms with van der Waals surface area (Å²) in [6.45, 7) is 5.79. The Morgan fingerprint density at radius 1 is 1.24 bits per heavy atom. The Morgan fingerprint density at radius 3 is 2.41 bits per heavy atom. The van der Waals surface area contributed by atoms with E-state index in [0.29, 0.717) is 5.56 Å². The number of benzene rings is 1. The molecule has 0 atom stereocenters. The number of hydrogen-bond acceptors (Lipinski definition) is 2. The van der Waals surface area contributed by atoms with Crippen molar-refractivity contribution in [3.05, 3.63) is 29.8 Å². The van der Waals surface area contributed by atoms with Gasteiger partial charge in [0.1, 0.15) is 5.75 Å². The minimum Gasteiger partial charge on any atom is -0.497 e. The van der Waals surface area contributed by atoms with Crippen LogP contribution in [0.3, 0.4) is 0 Å². The van der Waals surface area contributed by atoms with Crippen molar-refractivity contribution in [3.8, 4) is 5.75 Å². The van der Waals surface area contributed by atoms with Crippen LogP contribution >= 0.6 is 0 Å². The van der Waals surface area contributed by atoms with E-state index in [9.17, 15) is 4.79 Å². The van der Waals surface area contributed by atoms with Gasteiger partial charge in [-0.2, -0.15) is 0 Å². The van der Waals surface area contributed by atoms with E-state index in [1.807, 2.05) is 23.1 Å². The van der Waals surface area contributed by atoms with Gasteiger partial charge in [-0.05, 0) is 31.0 Å². The van der Waals surface area contributed by atoms with Gasteiger partial charge in [0.2, 0.25) is 0 Å². The lowest BCUT2D eigenvalue weighted by molar-refractivity contribution is 0.0755. The van der Waals surface area contributed by atoms with Crippen LogP contribution in [0.1, 0.15) is 37.0 Å². The molecule has 3 heteroatoms. The molecule has 0 aliphatic heterocycles. The standard InChI is InChI=1S/C14H21NO2/c1-4-9-15(10-5-2)14(16)12-7-6-8-13(11-12)17-3/h6-8,11H,4-5,9-10H2,1-3H3. The van der Waals surface area contributed by atoms with E-state index >= 15 is 0 Å². The number of hydrogen-bond donors (Lipinski definition) is 0. The molecule has 3 nitrogen and oxygen atoms in total. The fraction of sp³-hybridized carbons (Fsp3) is 0.500. The van der Waals surface area contributed by atoms with E-state index in [-0.39, 0.29) is 5.91 Å². The highest BCUT2D eigenvalue weighted by atomic mass is 16.5. The lowest BCUT2D eigenvalue weighted by Gasteiger charge is -2.21. The Morgan fingerprint density at radius 2 is 1.88 bits per heavy atom. The highest BCUT2D eigenvalue weighted by molar-refractivity contribution is 5.94. The summed E-state index contributed by atoms with van der Waals surface area (Å²) < 4.78 is 5.13. The molecule has 0 unspecified atom stereocenters. The molecule has 0 saturated carbocycles. The monoisotopic (exact) mass is 235 g/mol. The van der Waals surface area contributed by atoms with Gasteiger partial charge in [-0.1, -0.05) is 19.9 Å². The summed E-state index contributed by atoms with van der Waals surface area (Å²) in [5.74, 6) is 0.816. The first-order valence-electron chi connectivity index (χ1n) is 6.16. The molecular weight excluding hydrogens is 214 g/mol. The average Bonchev–Trinajstić information content (AvgIpc) is 2.38. The zero-order valence-corrected chi connectivity index (χ0v) is 10.9. The van der Waals surface area contributed by atoms with Gasteiger partial charge in [0.15, 0.2) is 0 Å². The third-order valence-corrected chi connectivity index (χ3v) is 2.59. The van der Waals surface area contributed by atoms with E-state index < -0.39 is 0 Å². The molecule has 0 aliphatic rings. The van der Waals surface area contributed by atoms with Crippen molar-refractivity contribution in [1.29, 1.82) is 0 Å². The molecule has 0 fully saturated rings. The smallest absolute Gasteiger partial charge is 0.253 e. The molecule has 0 aromatic heterocycles. The van der Waals surface area contributed by atoms with Crippen molar-refractivity contribution in [2.24, 2.45) is 0 Å². The maximum atomic E-state index is 12.3. The molecule has 0 N–H and O–H groups in total. The van der Waals surface area contributed by atoms with Crippen LogP contribution in [0.2, 0.25) is 0 Å². The minimum absolute atomic E-state index is 0.0904. The number of carbonyl (C=O) groups is 1. The minimum atomic E-state index is 0.0904. The summed E-state index contributed by atoms with van der Waals surface area (Å²) in [4.78, 5) is 14.2. The Bertz CT molecular complexity index is 357. The van der Waals surface area contributed by atoms with Crippen LogP contribution in [-0.2, 0) is 0 Å². The second-order valence-corrected chi connectivity index (χ2v) is 4.02. The van der Waals surface area contributed by atoms with Gasteiger partial charge in [-0.25, -0.2) is 0 Å². The van der Waals surface area contributed by atoms with Crippen LogP contribution in [0, 0.1) is 0 Å². The Hall–Kier alpha value is -1.51. The molecular formula is C14H21NO2. The van der Waals surface area contributed by atoms with Crippen LogP contribution in [0.15, 0.2) is 24.3 Å². The quantitative estimate of drug-likeness (QED) is 0.758. The molecule has 0 bridgehead atoms. The van der Waals surface area contributed by atoms with E-state index in [2.05, 4.69) is 13.8 Å². The third-order valence-electron chi connectivity index (χ3n) is 2.59. The molecule has 1 rings (SSSR count). The Kier molecular flexibility index (Phi) is 5.53. The van der Waals surface area contributed by atoms with Crippen molar-refractivity contribution in [1.82, 2.24) is 4.90 Å². The molecule has 0 aliphatic carbocycles. The number of nitrogens with zero attached hydrogens (tertiary/aromatic N) is 1. The SMILES string of the molecule is CCCN(CCC)C(=O)c1cccc(OC)c1. The van der Waals surface area contributed by atoms with Crippen molar-refractivity contribution in [2.45, 2.75) is 26.7 Å². The largest absolute Gasteiger partial charge is 0.497 e. The van der Waals surface area contributed by atoms with Gasteiger partial charge < -0.3 is 9.64 Å². The second kappa shape index (κ2) is 6.94. The van der Waals surface area contributed by atoms with Crippen molar-refractivity contribution >= 4 is 5.91 Å². The predicted molar refractivity (Wildman–Crippen MR) is 69.5 cm³/mol. The van der Waals surface area contributed by atoms with Gasteiger partial charge in [-0.15, -0.1) is 0 Å². The van der Waals surface area contributed by atoms with Crippen molar-refractivity contribution < 1.29 is 9.53 Å². The number of amides is 1. The summed E-state index contributed by atoms with van der Waals surface area (Å²) in [6.07, 6.45) is 1.96. The van der Waals surface area contributed by atoms with Gasteiger partial charge >= 0.3 is 0 Å². The van der Waals surface area contributed by atoms with Gasteiger partial charge in [0.05, 0.1) is 7.11 Å². The number of methoxy groups -OCH3 is 1. The van der Waals surface area contributed by atoms with Crippen LogP contribution in [0.4, 0.5) is 0 Å². The first-order valence-corrected chi connectivity index (χ1v) is 6.16. The number of ether oxygens (including phenoxy) is 1. The predicted octanol–water partition coefficient (Wildman–Crippen LogP) is 2.96. The van der Waals surface area contributed by atoms with E-state index in [0.717, 1.165) is 31.7 Å². The molecule has 0 spiro atoms. The summed E-state index contributed by atoms with van der Waals surface area (Å²) >= 11 is 0. The maximum Gasteiger partial charge on any atom is 0.253 e. The van der Waals surface area contributed by atoms with Crippen LogP contribution < -0.4 is 4.74 Å². The summed E-state index contributed by atoms with van der Waals surface area (Å²) in [5.41, 5.74) is 0.700. The molecule has 94 valence electrons. The van der Waals surface area contributed by atoms with Gasteiger partial charge in [-0.3, -0.25) is 4.79 Å². The summed E-state index contributed by atoms with van der Waals surface area (Å²) in [5, 5.41) is 0. The highest BCUT2D eigenvalue weighted by Crippen LogP contribution is 2.14. The zero-order chi connectivity index (χ0) is 12.7. The lowest BCUT2D eigenvalue weighted by atomic mass is 10.1. The van der Waals surface area contributed by atoms with Crippen LogP contribution in [-0.4, -0.2) is 31.0 Å². The Balaban J connectivity index is 2.84. The van der Waals surface area contributed by atoms with Gasteiger partial charge in [0, 0.05) is 18.7 Å². The topological polar surface area (TPSA) is 29.5 Å². The van der Waals surface area contributed by atoms with Gasteiger partial charge in [0.25, 0.3) is 5.91 Å². The Labute approximate surface area is 103 Å².